The van der Waals surface area contributed by atoms with E-state index in [0.717, 1.165) is 16.7 Å². The van der Waals surface area contributed by atoms with Gasteiger partial charge in [0.05, 0.1) is 0 Å². The molecule has 4 heterocycles. The zero-order valence-electron chi connectivity index (χ0n) is 37.7. The fourth-order valence-corrected chi connectivity index (χ4v) is 14.7. The first-order valence-electron chi connectivity index (χ1n) is 21.4. The van der Waals surface area contributed by atoms with Gasteiger partial charge in [-0.25, -0.2) is 0 Å². The first-order valence-corrected chi connectivity index (χ1v) is 27.1. The van der Waals surface area contributed by atoms with Crippen molar-refractivity contribution in [3.05, 3.63) is 161 Å². The maximum absolute atomic E-state index is 13.4. The second kappa shape index (κ2) is 19.2. The van der Waals surface area contributed by atoms with Gasteiger partial charge < -0.3 is 0 Å². The Morgan fingerprint density at radius 1 is 0.703 bits per heavy atom. The van der Waals surface area contributed by atoms with Crippen LogP contribution in [-0.4, -0.2) is 79.3 Å². The summed E-state index contributed by atoms with van der Waals surface area (Å²) in [5.41, 5.74) is -0.235. The van der Waals surface area contributed by atoms with Crippen molar-refractivity contribution in [3.63, 3.8) is 0 Å². The Hall–Kier alpha value is -4.97. The number of nitrogens with zero attached hydrogens (tertiary/aromatic N) is 2. The number of aryl methyl sites for hydroxylation is 2. The first kappa shape index (κ1) is 47.0. The number of nitrogens with one attached hydrogen (secondary N) is 2. The summed E-state index contributed by atoms with van der Waals surface area (Å²) in [5, 5.41) is 0. The third-order valence-electron chi connectivity index (χ3n) is 11.5. The van der Waals surface area contributed by atoms with Gasteiger partial charge in [-0.2, -0.15) is 0 Å². The molecule has 2 unspecified atom stereocenters. The molecule has 16 nitrogen and oxygen atoms in total. The van der Waals surface area contributed by atoms with Gasteiger partial charge in [0.1, 0.15) is 0 Å². The quantitative estimate of drug-likeness (QED) is 0.0591. The molecule has 5 aromatic rings. The van der Waals surface area contributed by atoms with Gasteiger partial charge in [0.25, 0.3) is 0 Å². The zero-order valence-corrected chi connectivity index (χ0v) is 39.7. The summed E-state index contributed by atoms with van der Waals surface area (Å²) in [4.78, 5) is 55.8. The molecule has 0 bridgehead atoms. The summed E-state index contributed by atoms with van der Waals surface area (Å²) in [6.45, 7) is 13.2. The van der Waals surface area contributed by atoms with E-state index in [1.807, 2.05) is 92.5 Å². The number of aromatic nitrogens is 4. The molecule has 6 atom stereocenters. The zero-order chi connectivity index (χ0) is 46.0. The van der Waals surface area contributed by atoms with Crippen LogP contribution in [0.3, 0.4) is 0 Å². The number of rotatable bonds is 17. The molecule has 2 fully saturated rings. The second-order valence-electron chi connectivity index (χ2n) is 17.3. The van der Waals surface area contributed by atoms with E-state index in [-0.39, 0.29) is 13.0 Å². The van der Waals surface area contributed by atoms with Gasteiger partial charge in [-0.05, 0) is 0 Å². The molecule has 0 aliphatic carbocycles. The van der Waals surface area contributed by atoms with Crippen LogP contribution in [0.2, 0.25) is 19.6 Å². The van der Waals surface area contributed by atoms with E-state index >= 15 is 0 Å². The molecule has 2 aromatic heterocycles. The molecule has 64 heavy (non-hydrogen) atoms. The van der Waals surface area contributed by atoms with E-state index in [1.54, 1.807) is 28.1 Å². The first-order chi connectivity index (χ1) is 30.4. The van der Waals surface area contributed by atoms with E-state index in [9.17, 15) is 19.2 Å². The molecule has 0 saturated carbocycles. The number of methoxy groups -OCH3 is 2. The Balaban J connectivity index is 1.28. The summed E-state index contributed by atoms with van der Waals surface area (Å²) in [6, 6.07) is 25.3. The summed E-state index contributed by atoms with van der Waals surface area (Å²) in [5.74, 6) is 1.33. The monoisotopic (exact) mass is 918 g/mol. The SMILES string of the molecule is CC[C@H]1O[C@@H](n2cc(C)c(=O)[nH]c2=O)CC1O[PH](C)(OC[C@H]1O[C@@H](n2cc(C)c(=O)[nH]c2=O)CC1OC(c1ccccc1)(c1ccc(OC)cc1)c1ccc(OC)cc1)O[Si](C)(C)C. The van der Waals surface area contributed by atoms with Crippen molar-refractivity contribution in [2.24, 2.45) is 0 Å². The molecular formula is C46H59N4O12PSi. The van der Waals surface area contributed by atoms with Crippen LogP contribution in [0.15, 0.2) is 110 Å². The van der Waals surface area contributed by atoms with Crippen LogP contribution in [0.4, 0.5) is 0 Å². The van der Waals surface area contributed by atoms with Crippen molar-refractivity contribution in [1.82, 2.24) is 19.1 Å². The van der Waals surface area contributed by atoms with Crippen molar-refractivity contribution in [2.75, 3.05) is 27.5 Å². The van der Waals surface area contributed by atoms with Crippen LogP contribution in [-0.2, 0) is 33.1 Å². The Labute approximate surface area is 373 Å². The van der Waals surface area contributed by atoms with E-state index < -0.39 is 81.2 Å². The van der Waals surface area contributed by atoms with Crippen molar-refractivity contribution in [3.8, 4) is 11.5 Å². The van der Waals surface area contributed by atoms with Crippen molar-refractivity contribution >= 4 is 16.3 Å². The van der Waals surface area contributed by atoms with E-state index in [0.29, 0.717) is 35.5 Å². The van der Waals surface area contributed by atoms with Crippen LogP contribution in [0, 0.1) is 13.8 Å². The number of hydrogen-bond donors (Lipinski definition) is 2. The number of benzene rings is 3. The molecule has 2 aliphatic rings. The predicted octanol–water partition coefficient (Wildman–Crippen LogP) is 6.46. The van der Waals surface area contributed by atoms with Crippen LogP contribution in [0.25, 0.3) is 0 Å². The molecule has 0 spiro atoms. The van der Waals surface area contributed by atoms with Crippen LogP contribution in [0.5, 0.6) is 11.5 Å². The fraction of sp³-hybridized carbons (Fsp3) is 0.435. The van der Waals surface area contributed by atoms with Gasteiger partial charge in [0.2, 0.25) is 0 Å². The van der Waals surface area contributed by atoms with Gasteiger partial charge in [-0.3, -0.25) is 0 Å². The summed E-state index contributed by atoms with van der Waals surface area (Å²) >= 11 is 0. The normalized spacial score (nSPS) is 21.8. The molecule has 0 amide bonds. The third kappa shape index (κ3) is 10.1. The van der Waals surface area contributed by atoms with Crippen LogP contribution >= 0.6 is 7.94 Å². The molecule has 2 aliphatic heterocycles. The molecule has 344 valence electrons. The van der Waals surface area contributed by atoms with E-state index in [1.165, 1.54) is 21.5 Å². The summed E-state index contributed by atoms with van der Waals surface area (Å²) in [6.07, 6.45) is 0.0346. The minimum atomic E-state index is -3.61. The minimum absolute atomic E-state index is 0.0616. The van der Waals surface area contributed by atoms with Crippen LogP contribution < -0.4 is 32.0 Å². The van der Waals surface area contributed by atoms with Gasteiger partial charge in [0, 0.05) is 0 Å². The topological polar surface area (TPSA) is 184 Å². The predicted molar refractivity (Wildman–Crippen MR) is 246 cm³/mol. The number of hydrogen-bond acceptors (Lipinski definition) is 12. The molecule has 0 radical (unpaired) electrons. The molecule has 2 saturated heterocycles. The Morgan fingerprint density at radius 3 is 1.64 bits per heavy atom. The number of ether oxygens (including phenoxy) is 5. The maximum atomic E-state index is 13.4. The molecular weight excluding hydrogens is 860 g/mol. The van der Waals surface area contributed by atoms with E-state index in [4.69, 9.17) is 36.9 Å². The van der Waals surface area contributed by atoms with E-state index in [2.05, 4.69) is 29.6 Å². The molecule has 2 N–H and O–H groups in total. The Bertz CT molecular complexity index is 2580. The average Bonchev–Trinajstić information content (AvgIpc) is 3.87. The van der Waals surface area contributed by atoms with Gasteiger partial charge >= 0.3 is 374 Å². The molecule has 18 heteroatoms. The Kier molecular flexibility index (Phi) is 14.1. The second-order valence-corrected chi connectivity index (χ2v) is 24.6. The van der Waals surface area contributed by atoms with Crippen LogP contribution in [0.1, 0.15) is 66.5 Å². The van der Waals surface area contributed by atoms with Gasteiger partial charge in [-0.1, -0.05) is 0 Å². The van der Waals surface area contributed by atoms with Crippen molar-refractivity contribution in [2.45, 2.75) is 102 Å². The molecule has 7 rings (SSSR count). The van der Waals surface area contributed by atoms with Gasteiger partial charge in [0.15, 0.2) is 0 Å². The average molecular weight is 919 g/mol. The van der Waals surface area contributed by atoms with Crippen molar-refractivity contribution < 1.29 is 36.9 Å². The Morgan fingerprint density at radius 2 is 1.17 bits per heavy atom. The number of aromatic amines is 2. The van der Waals surface area contributed by atoms with Crippen molar-refractivity contribution in [1.29, 1.82) is 0 Å². The number of H-pyrrole nitrogens is 2. The molecule has 3 aromatic carbocycles. The fourth-order valence-electron chi connectivity index (χ4n) is 8.51. The summed E-state index contributed by atoms with van der Waals surface area (Å²) in [7, 11) is -2.75. The van der Waals surface area contributed by atoms with Gasteiger partial charge in [-0.15, -0.1) is 0 Å². The standard InChI is InChI=1S/C46H59N4O12PSi/c1-10-36-38(25-41(58-36)50-27-30(3)43(52)48-45(50)54)61-63(6,62-64(7,8)9)57-28-39-37(24-40(59-39)49-26-29(2)42(51)47-44(49)53)60-46(31-14-12-11-13-15-31,32-16-20-34(55-4)21-17-32)33-18-22-35(56-5)23-19-33/h11-23,26-27,36-41,63H,10,24-25,28H2,1-9H3,(H,47,51,53)(H,48,52,54)/t36-,37?,38?,39-,40-,41-/m1/s1. The third-order valence-corrected chi connectivity index (χ3v) is 16.9. The summed E-state index contributed by atoms with van der Waals surface area (Å²) < 4.78 is 55.3.